The third-order valence-corrected chi connectivity index (χ3v) is 3.35. The molecule has 0 spiro atoms. The van der Waals surface area contributed by atoms with Gasteiger partial charge >= 0.3 is 11.4 Å². The summed E-state index contributed by atoms with van der Waals surface area (Å²) in [5.74, 6) is 0.485. The van der Waals surface area contributed by atoms with Crippen LogP contribution in [0.3, 0.4) is 0 Å². The number of rotatable bonds is 2. The number of aromatic amines is 1. The van der Waals surface area contributed by atoms with E-state index < -0.39 is 15.5 Å². The highest BCUT2D eigenvalue weighted by molar-refractivity contribution is 6.10. The lowest BCUT2D eigenvalue weighted by Crippen LogP contribution is -2.11. The molecule has 0 amide bonds. The van der Waals surface area contributed by atoms with Gasteiger partial charge in [-0.2, -0.15) is 0 Å². The molecule has 0 fully saturated rings. The van der Waals surface area contributed by atoms with Gasteiger partial charge in [-0.25, -0.2) is 9.61 Å². The number of benzene rings is 1. The van der Waals surface area contributed by atoms with Crippen molar-refractivity contribution in [3.05, 3.63) is 26.1 Å². The van der Waals surface area contributed by atoms with Crippen molar-refractivity contribution in [3.63, 3.8) is 0 Å². The summed E-state index contributed by atoms with van der Waals surface area (Å²) in [6, 6.07) is 0. The van der Waals surface area contributed by atoms with Crippen LogP contribution in [0.5, 0.6) is 0 Å². The zero-order valence-electron chi connectivity index (χ0n) is 11.3. The highest BCUT2D eigenvalue weighted by atomic mass is 16.6. The molecule has 3 aromatic rings. The summed E-state index contributed by atoms with van der Waals surface area (Å²) in [4.78, 5) is 28.3. The molecule has 0 unspecified atom stereocenters. The van der Waals surface area contributed by atoms with Crippen LogP contribution in [0.25, 0.3) is 11.0 Å². The summed E-state index contributed by atoms with van der Waals surface area (Å²) in [5, 5.41) is 35.3. The van der Waals surface area contributed by atoms with Crippen molar-refractivity contribution >= 4 is 45.4 Å². The molecule has 13 nitrogen and oxygen atoms in total. The summed E-state index contributed by atoms with van der Waals surface area (Å²) >= 11 is 0. The zero-order valence-corrected chi connectivity index (χ0v) is 11.3. The predicted molar refractivity (Wildman–Crippen MR) is 75.0 cm³/mol. The van der Waals surface area contributed by atoms with Crippen LogP contribution in [-0.2, 0) is 0 Å². The van der Waals surface area contributed by atoms with Crippen LogP contribution in [-0.4, -0.2) is 30.1 Å². The van der Waals surface area contributed by atoms with Crippen LogP contribution in [0.4, 0.5) is 34.4 Å². The fourth-order valence-electron chi connectivity index (χ4n) is 2.51. The normalized spacial score (nSPS) is 12.2. The average molecular weight is 318 g/mol. The number of nitro benzene ring substituents is 2. The molecule has 0 bridgehead atoms. The highest BCUT2D eigenvalue weighted by Gasteiger charge is 2.38. The summed E-state index contributed by atoms with van der Waals surface area (Å²) in [7, 11) is 0. The molecule has 1 aliphatic heterocycles. The number of hydrogen-bond acceptors (Lipinski definition) is 10. The van der Waals surface area contributed by atoms with E-state index in [2.05, 4.69) is 35.5 Å². The molecule has 1 aromatic carbocycles. The van der Waals surface area contributed by atoms with Gasteiger partial charge in [0.25, 0.3) is 0 Å². The lowest BCUT2D eigenvalue weighted by molar-refractivity contribution is -0.385. The van der Waals surface area contributed by atoms with Crippen LogP contribution in [0, 0.1) is 27.2 Å². The van der Waals surface area contributed by atoms with Crippen molar-refractivity contribution in [2.24, 2.45) is 0 Å². The van der Waals surface area contributed by atoms with Gasteiger partial charge in [-0.15, -0.1) is 0 Å². The largest absolute Gasteiger partial charge is 0.336 e. The van der Waals surface area contributed by atoms with Gasteiger partial charge in [0.15, 0.2) is 22.4 Å². The first kappa shape index (κ1) is 12.9. The lowest BCUT2D eigenvalue weighted by Gasteiger charge is -2.17. The number of aromatic nitrogens is 4. The van der Waals surface area contributed by atoms with Crippen molar-refractivity contribution in [2.75, 3.05) is 10.6 Å². The Morgan fingerprint density at radius 2 is 1.57 bits per heavy atom. The SMILES string of the molecule is Cc1nc2c([N+](=O)[O-])c3c(c([N+](=O)[O-])c2[nH]1)Nc1nonc1N3. The van der Waals surface area contributed by atoms with Gasteiger partial charge in [-0.05, 0) is 17.2 Å². The number of imidazole rings is 1. The van der Waals surface area contributed by atoms with Gasteiger partial charge in [0.05, 0.1) is 9.85 Å². The second-order valence-corrected chi connectivity index (χ2v) is 4.72. The Morgan fingerprint density at radius 3 is 2.13 bits per heavy atom. The predicted octanol–water partition coefficient (Wildman–Crippen LogP) is 1.87. The Morgan fingerprint density at radius 1 is 1.00 bits per heavy atom. The fourth-order valence-corrected chi connectivity index (χ4v) is 2.51. The minimum Gasteiger partial charge on any atom is -0.336 e. The molecule has 13 heteroatoms. The first-order valence-electron chi connectivity index (χ1n) is 6.19. The van der Waals surface area contributed by atoms with Crippen molar-refractivity contribution in [2.45, 2.75) is 6.92 Å². The van der Waals surface area contributed by atoms with Gasteiger partial charge in [-0.3, -0.25) is 20.2 Å². The summed E-state index contributed by atoms with van der Waals surface area (Å²) in [6.45, 7) is 1.55. The molecule has 4 rings (SSSR count). The minimum absolute atomic E-state index is 0.0489. The Balaban J connectivity index is 2.16. The van der Waals surface area contributed by atoms with Crippen LogP contribution in [0.2, 0.25) is 0 Å². The molecular formula is C10H6N8O5. The van der Waals surface area contributed by atoms with Gasteiger partial charge in [0.1, 0.15) is 5.82 Å². The quantitative estimate of drug-likeness (QED) is 0.365. The molecule has 3 N–H and O–H groups in total. The smallest absolute Gasteiger partial charge is 0.323 e. The third kappa shape index (κ3) is 1.63. The molecule has 1 aliphatic rings. The van der Waals surface area contributed by atoms with Gasteiger partial charge in [0, 0.05) is 0 Å². The number of nitro groups is 2. The Labute approximate surface area is 125 Å². The van der Waals surface area contributed by atoms with Crippen molar-refractivity contribution in [3.8, 4) is 0 Å². The number of nitrogens with zero attached hydrogens (tertiary/aromatic N) is 5. The van der Waals surface area contributed by atoms with Crippen LogP contribution in [0.15, 0.2) is 4.63 Å². The van der Waals surface area contributed by atoms with E-state index in [1.165, 1.54) is 0 Å². The Kier molecular flexibility index (Phi) is 2.32. The standard InChI is InChI=1S/C10H6N8O5/c1-2-11-3-4(12-2)8(18(21)22)6-5(7(3)17(19)20)13-9-10(14-6)16-23-15-9/h1H3,(H,11,12)(H,13,15)(H,14,16). The molecule has 0 aliphatic carbocycles. The van der Waals surface area contributed by atoms with Gasteiger partial charge in [0.2, 0.25) is 11.6 Å². The number of nitrogens with one attached hydrogen (secondary N) is 3. The number of hydrogen-bond donors (Lipinski definition) is 3. The summed E-state index contributed by atoms with van der Waals surface area (Å²) in [6.07, 6.45) is 0. The number of fused-ring (bicyclic) bond motifs is 3. The Bertz CT molecular complexity index is 929. The molecule has 0 atom stereocenters. The van der Waals surface area contributed by atoms with Gasteiger partial charge < -0.3 is 15.6 Å². The van der Waals surface area contributed by atoms with E-state index >= 15 is 0 Å². The topological polar surface area (TPSA) is 178 Å². The monoisotopic (exact) mass is 318 g/mol. The third-order valence-electron chi connectivity index (χ3n) is 3.35. The van der Waals surface area contributed by atoms with Crippen LogP contribution >= 0.6 is 0 Å². The summed E-state index contributed by atoms with van der Waals surface area (Å²) < 4.78 is 4.51. The maximum absolute atomic E-state index is 11.5. The van der Waals surface area contributed by atoms with E-state index in [9.17, 15) is 20.2 Å². The van der Waals surface area contributed by atoms with E-state index in [0.717, 1.165) is 0 Å². The molecule has 0 saturated heterocycles. The molecule has 23 heavy (non-hydrogen) atoms. The first-order chi connectivity index (χ1) is 11.0. The molecule has 2 aromatic heterocycles. The molecule has 3 heterocycles. The molecule has 116 valence electrons. The molecule has 0 radical (unpaired) electrons. The van der Waals surface area contributed by atoms with Gasteiger partial charge in [-0.1, -0.05) is 0 Å². The van der Waals surface area contributed by atoms with E-state index in [-0.39, 0.29) is 39.7 Å². The highest BCUT2D eigenvalue weighted by Crippen LogP contribution is 2.51. The first-order valence-corrected chi connectivity index (χ1v) is 6.19. The van der Waals surface area contributed by atoms with E-state index in [1.54, 1.807) is 6.92 Å². The summed E-state index contributed by atoms with van der Waals surface area (Å²) in [5.41, 5.74) is -1.20. The van der Waals surface area contributed by atoms with Crippen molar-refractivity contribution in [1.29, 1.82) is 0 Å². The zero-order chi connectivity index (χ0) is 16.3. The second-order valence-electron chi connectivity index (χ2n) is 4.72. The molecule has 0 saturated carbocycles. The number of aryl methyl sites for hydroxylation is 1. The molecular weight excluding hydrogens is 312 g/mol. The minimum atomic E-state index is -0.668. The average Bonchev–Trinajstić information content (AvgIpc) is 3.06. The Hall–Kier alpha value is -3.77. The maximum atomic E-state index is 11.5. The van der Waals surface area contributed by atoms with E-state index in [4.69, 9.17) is 0 Å². The maximum Gasteiger partial charge on any atom is 0.323 e. The van der Waals surface area contributed by atoms with Crippen molar-refractivity contribution in [1.82, 2.24) is 20.3 Å². The van der Waals surface area contributed by atoms with Crippen LogP contribution < -0.4 is 10.6 Å². The van der Waals surface area contributed by atoms with E-state index in [1.807, 2.05) is 0 Å². The van der Waals surface area contributed by atoms with Crippen molar-refractivity contribution < 1.29 is 14.5 Å². The lowest BCUT2D eigenvalue weighted by atomic mass is 10.1. The second kappa shape index (κ2) is 4.12. The van der Waals surface area contributed by atoms with E-state index in [0.29, 0.717) is 5.82 Å². The fraction of sp³-hybridized carbons (Fsp3) is 0.100. The number of anilines is 4. The van der Waals surface area contributed by atoms with Crippen LogP contribution in [0.1, 0.15) is 5.82 Å². The number of H-pyrrole nitrogens is 1.